The fourth-order valence-corrected chi connectivity index (χ4v) is 3.95. The predicted molar refractivity (Wildman–Crippen MR) is 112 cm³/mol. The van der Waals surface area contributed by atoms with Gasteiger partial charge in [0.05, 0.1) is 6.20 Å². The third kappa shape index (κ3) is 4.03. The van der Waals surface area contributed by atoms with Gasteiger partial charge >= 0.3 is 0 Å². The third-order valence-electron chi connectivity index (χ3n) is 4.49. The van der Waals surface area contributed by atoms with E-state index >= 15 is 0 Å². The summed E-state index contributed by atoms with van der Waals surface area (Å²) in [5.74, 6) is 0. The number of aromatic amines is 1. The number of nitrogens with zero attached hydrogens (tertiary/aromatic N) is 2. The molecule has 0 fully saturated rings. The largest absolute Gasteiger partial charge is 0.385 e. The number of fused-ring (bicyclic) bond motifs is 1. The van der Waals surface area contributed by atoms with Crippen LogP contribution in [0.5, 0.6) is 0 Å². The Morgan fingerprint density at radius 3 is 2.57 bits per heavy atom. The molecule has 0 aliphatic rings. The van der Waals surface area contributed by atoms with Gasteiger partial charge in [0.25, 0.3) is 5.56 Å². The zero-order chi connectivity index (χ0) is 19.3. The maximum atomic E-state index is 12.4. The summed E-state index contributed by atoms with van der Waals surface area (Å²) in [6.45, 7) is 0.667. The van der Waals surface area contributed by atoms with Crippen molar-refractivity contribution in [2.75, 3.05) is 13.7 Å². The van der Waals surface area contributed by atoms with Gasteiger partial charge in [0.15, 0.2) is 0 Å². The summed E-state index contributed by atoms with van der Waals surface area (Å²) in [6, 6.07) is 20.2. The van der Waals surface area contributed by atoms with Crippen molar-refractivity contribution in [3.05, 3.63) is 82.9 Å². The molecule has 0 spiro atoms. The summed E-state index contributed by atoms with van der Waals surface area (Å²) in [4.78, 5) is 18.1. The molecule has 0 aliphatic heterocycles. The van der Waals surface area contributed by atoms with Crippen LogP contribution in [0.4, 0.5) is 0 Å². The molecule has 4 rings (SSSR count). The van der Waals surface area contributed by atoms with Crippen LogP contribution in [0, 0.1) is 0 Å². The molecule has 142 valence electrons. The zero-order valence-corrected chi connectivity index (χ0v) is 16.4. The van der Waals surface area contributed by atoms with Crippen LogP contribution in [-0.4, -0.2) is 28.3 Å². The van der Waals surface area contributed by atoms with Crippen LogP contribution in [0.15, 0.2) is 81.4 Å². The minimum atomic E-state index is -0.122. The Labute approximate surface area is 167 Å². The smallest absolute Gasteiger partial charge is 0.274 e. The van der Waals surface area contributed by atoms with Gasteiger partial charge in [-0.2, -0.15) is 9.61 Å². The van der Waals surface area contributed by atoms with Crippen molar-refractivity contribution in [2.45, 2.75) is 22.6 Å². The molecule has 0 aliphatic carbocycles. The molecule has 2 aromatic carbocycles. The summed E-state index contributed by atoms with van der Waals surface area (Å²) in [7, 11) is 1.68. The number of aromatic nitrogens is 3. The molecule has 0 unspecified atom stereocenters. The van der Waals surface area contributed by atoms with E-state index in [0.29, 0.717) is 6.61 Å². The van der Waals surface area contributed by atoms with Crippen molar-refractivity contribution in [1.82, 2.24) is 14.6 Å². The molecule has 4 aromatic rings. The zero-order valence-electron chi connectivity index (χ0n) is 15.6. The van der Waals surface area contributed by atoms with Crippen molar-refractivity contribution in [3.63, 3.8) is 0 Å². The lowest BCUT2D eigenvalue weighted by Crippen LogP contribution is -2.15. The van der Waals surface area contributed by atoms with Gasteiger partial charge in [0.2, 0.25) is 0 Å². The third-order valence-corrected chi connectivity index (χ3v) is 5.51. The second kappa shape index (κ2) is 8.46. The molecule has 0 atom stereocenters. The van der Waals surface area contributed by atoms with E-state index < -0.39 is 0 Å². The Morgan fingerprint density at radius 2 is 1.82 bits per heavy atom. The monoisotopic (exact) mass is 391 g/mol. The molecule has 0 amide bonds. The summed E-state index contributed by atoms with van der Waals surface area (Å²) in [5, 5.41) is 4.27. The molecule has 0 radical (unpaired) electrons. The summed E-state index contributed by atoms with van der Waals surface area (Å²) in [5.41, 5.74) is 3.44. The summed E-state index contributed by atoms with van der Waals surface area (Å²) in [6.07, 6.45) is 3.36. The topological polar surface area (TPSA) is 59.4 Å². The number of rotatable bonds is 7. The summed E-state index contributed by atoms with van der Waals surface area (Å²) < 4.78 is 6.52. The van der Waals surface area contributed by atoms with Crippen LogP contribution in [0.3, 0.4) is 0 Å². The average molecular weight is 391 g/mol. The molecule has 28 heavy (non-hydrogen) atoms. The van der Waals surface area contributed by atoms with E-state index in [2.05, 4.69) is 46.5 Å². The molecule has 6 heteroatoms. The molecular weight excluding hydrogens is 370 g/mol. The fourth-order valence-electron chi connectivity index (χ4n) is 3.11. The molecule has 2 aromatic heterocycles. The maximum absolute atomic E-state index is 12.4. The SMILES string of the molecule is COCCCc1cc(=O)n2ncc(-c3ccc(Sc4ccccc4)cc3)c2[nH]1. The standard InChI is InChI=1S/C22H21N3O2S/c1-27-13-5-6-17-14-21(26)25-22(24-17)20(15-23-25)16-9-11-19(12-10-16)28-18-7-3-2-4-8-18/h2-4,7-12,14-15,24H,5-6,13H2,1H3. The summed E-state index contributed by atoms with van der Waals surface area (Å²) >= 11 is 1.72. The van der Waals surface area contributed by atoms with E-state index in [1.807, 2.05) is 18.2 Å². The highest BCUT2D eigenvalue weighted by Gasteiger charge is 2.11. The van der Waals surface area contributed by atoms with Gasteiger partial charge in [-0.25, -0.2) is 0 Å². The predicted octanol–water partition coefficient (Wildman–Crippen LogP) is 4.42. The van der Waals surface area contributed by atoms with Gasteiger partial charge in [0, 0.05) is 40.8 Å². The maximum Gasteiger partial charge on any atom is 0.274 e. The van der Waals surface area contributed by atoms with Gasteiger partial charge < -0.3 is 9.72 Å². The van der Waals surface area contributed by atoms with Gasteiger partial charge in [-0.1, -0.05) is 42.1 Å². The van der Waals surface area contributed by atoms with E-state index in [0.717, 1.165) is 35.3 Å². The first kappa shape index (κ1) is 18.5. The fraction of sp³-hybridized carbons (Fsp3) is 0.182. The number of hydrogen-bond donors (Lipinski definition) is 1. The van der Waals surface area contributed by atoms with E-state index in [1.165, 1.54) is 14.3 Å². The van der Waals surface area contributed by atoms with Crippen LogP contribution in [0.1, 0.15) is 12.1 Å². The minimum absolute atomic E-state index is 0.122. The van der Waals surface area contributed by atoms with Crippen LogP contribution in [-0.2, 0) is 11.2 Å². The van der Waals surface area contributed by atoms with Gasteiger partial charge in [-0.3, -0.25) is 4.79 Å². The van der Waals surface area contributed by atoms with Gasteiger partial charge in [-0.05, 0) is 42.7 Å². The number of nitrogens with one attached hydrogen (secondary N) is 1. The van der Waals surface area contributed by atoms with Crippen molar-refractivity contribution in [1.29, 1.82) is 0 Å². The van der Waals surface area contributed by atoms with Crippen molar-refractivity contribution in [2.24, 2.45) is 0 Å². The van der Waals surface area contributed by atoms with Crippen LogP contribution in [0.2, 0.25) is 0 Å². The number of methoxy groups -OCH3 is 1. The number of aryl methyl sites for hydroxylation is 1. The highest BCUT2D eigenvalue weighted by molar-refractivity contribution is 7.99. The number of hydrogen-bond acceptors (Lipinski definition) is 4. The molecule has 0 bridgehead atoms. The molecule has 1 N–H and O–H groups in total. The normalized spacial score (nSPS) is 11.2. The van der Waals surface area contributed by atoms with E-state index in [9.17, 15) is 4.79 Å². The molecule has 0 saturated carbocycles. The second-order valence-electron chi connectivity index (χ2n) is 6.49. The molecule has 2 heterocycles. The van der Waals surface area contributed by atoms with E-state index in [-0.39, 0.29) is 5.56 Å². The quantitative estimate of drug-likeness (QED) is 0.474. The highest BCUT2D eigenvalue weighted by atomic mass is 32.2. The number of H-pyrrole nitrogens is 1. The molecule has 5 nitrogen and oxygen atoms in total. The Kier molecular flexibility index (Phi) is 5.60. The number of benzene rings is 2. The lowest BCUT2D eigenvalue weighted by atomic mass is 10.1. The lowest BCUT2D eigenvalue weighted by Gasteiger charge is -2.06. The first-order chi connectivity index (χ1) is 13.7. The van der Waals surface area contributed by atoms with Crippen molar-refractivity contribution >= 4 is 17.4 Å². The Bertz CT molecular complexity index is 1120. The van der Waals surface area contributed by atoms with Gasteiger partial charge in [-0.15, -0.1) is 0 Å². The van der Waals surface area contributed by atoms with E-state index in [4.69, 9.17) is 4.74 Å². The van der Waals surface area contributed by atoms with Crippen LogP contribution < -0.4 is 5.56 Å². The molecule has 0 saturated heterocycles. The second-order valence-corrected chi connectivity index (χ2v) is 7.63. The Morgan fingerprint density at radius 1 is 1.07 bits per heavy atom. The van der Waals surface area contributed by atoms with Gasteiger partial charge in [0.1, 0.15) is 5.65 Å². The first-order valence-corrected chi connectivity index (χ1v) is 9.98. The van der Waals surface area contributed by atoms with Crippen molar-refractivity contribution in [3.8, 4) is 11.1 Å². The first-order valence-electron chi connectivity index (χ1n) is 9.17. The highest BCUT2D eigenvalue weighted by Crippen LogP contribution is 2.30. The molecular formula is C22H21N3O2S. The average Bonchev–Trinajstić information content (AvgIpc) is 3.14. The Hall–Kier alpha value is -2.83. The Balaban J connectivity index is 1.62. The van der Waals surface area contributed by atoms with Crippen LogP contribution >= 0.6 is 11.8 Å². The minimum Gasteiger partial charge on any atom is -0.385 e. The number of ether oxygens (including phenoxy) is 1. The lowest BCUT2D eigenvalue weighted by molar-refractivity contribution is 0.195. The van der Waals surface area contributed by atoms with Crippen LogP contribution in [0.25, 0.3) is 16.8 Å². The van der Waals surface area contributed by atoms with E-state index in [1.54, 1.807) is 31.1 Å². The van der Waals surface area contributed by atoms with Crippen molar-refractivity contribution < 1.29 is 4.74 Å².